The third-order valence-electron chi connectivity index (χ3n) is 5.03. The van der Waals surface area contributed by atoms with Crippen LogP contribution in [0.4, 0.5) is 0 Å². The molecule has 2 atom stereocenters. The molecule has 5 heteroatoms. The average Bonchev–Trinajstić information content (AvgIpc) is 2.73. The summed E-state index contributed by atoms with van der Waals surface area (Å²) in [5.74, 6) is 1.56. The number of quaternary nitrogens is 1. The molecular formula is C22H25N2O3+. The van der Waals surface area contributed by atoms with E-state index in [2.05, 4.69) is 35.7 Å². The highest BCUT2D eigenvalue weighted by atomic mass is 16.6. The molecule has 4 rings (SSSR count). The minimum atomic E-state index is -0.148. The first-order chi connectivity index (χ1) is 13.3. The van der Waals surface area contributed by atoms with Gasteiger partial charge >= 0.3 is 0 Å². The molecule has 1 unspecified atom stereocenters. The van der Waals surface area contributed by atoms with Crippen molar-refractivity contribution in [3.63, 3.8) is 0 Å². The number of amides is 1. The number of rotatable bonds is 5. The SMILES string of the molecule is O=C(C[NH+]1CC=C(c2ccccc2)CC1)NC[C@H]1COc2ccccc2O1. The standard InChI is InChI=1S/C22H24N2O3/c25-22(23-14-19-16-26-20-8-4-5-9-21(20)27-19)15-24-12-10-18(11-13-24)17-6-2-1-3-7-17/h1-10,19H,11-16H2,(H,23,25)/p+1/t19-/m0/s1. The van der Waals surface area contributed by atoms with E-state index in [0.717, 1.165) is 31.0 Å². The summed E-state index contributed by atoms with van der Waals surface area (Å²) in [6.45, 7) is 3.27. The predicted molar refractivity (Wildman–Crippen MR) is 104 cm³/mol. The van der Waals surface area contributed by atoms with Gasteiger partial charge in [0.1, 0.15) is 12.7 Å². The van der Waals surface area contributed by atoms with Crippen LogP contribution >= 0.6 is 0 Å². The Labute approximate surface area is 159 Å². The summed E-state index contributed by atoms with van der Waals surface area (Å²) in [6.07, 6.45) is 3.11. The van der Waals surface area contributed by atoms with E-state index in [9.17, 15) is 4.79 Å². The summed E-state index contributed by atoms with van der Waals surface area (Å²) in [7, 11) is 0. The molecule has 1 amide bonds. The Bertz CT molecular complexity index is 819. The van der Waals surface area contributed by atoms with Crippen LogP contribution in [0.15, 0.2) is 60.7 Å². The molecule has 0 aromatic heterocycles. The highest BCUT2D eigenvalue weighted by molar-refractivity contribution is 5.77. The van der Waals surface area contributed by atoms with Crippen LogP contribution in [0.5, 0.6) is 11.5 Å². The van der Waals surface area contributed by atoms with E-state index in [0.29, 0.717) is 19.7 Å². The molecule has 2 aliphatic rings. The maximum atomic E-state index is 12.3. The zero-order chi connectivity index (χ0) is 18.5. The van der Waals surface area contributed by atoms with Crippen LogP contribution in [0.1, 0.15) is 12.0 Å². The van der Waals surface area contributed by atoms with Crippen molar-refractivity contribution in [2.45, 2.75) is 12.5 Å². The average molecular weight is 365 g/mol. The monoisotopic (exact) mass is 365 g/mol. The van der Waals surface area contributed by atoms with Crippen LogP contribution in [0.2, 0.25) is 0 Å². The fourth-order valence-electron chi connectivity index (χ4n) is 3.54. The largest absolute Gasteiger partial charge is 0.486 e. The summed E-state index contributed by atoms with van der Waals surface area (Å²) >= 11 is 0. The van der Waals surface area contributed by atoms with Crippen molar-refractivity contribution in [3.8, 4) is 11.5 Å². The number of benzene rings is 2. The molecule has 2 N–H and O–H groups in total. The molecule has 140 valence electrons. The van der Waals surface area contributed by atoms with Gasteiger partial charge in [-0.1, -0.05) is 42.5 Å². The van der Waals surface area contributed by atoms with Crippen LogP contribution in [0, 0.1) is 0 Å². The van der Waals surface area contributed by atoms with Gasteiger partial charge in [-0.2, -0.15) is 0 Å². The molecule has 0 saturated carbocycles. The summed E-state index contributed by atoms with van der Waals surface area (Å²) in [5, 5.41) is 2.99. The van der Waals surface area contributed by atoms with E-state index in [1.807, 2.05) is 30.3 Å². The molecular weight excluding hydrogens is 340 g/mol. The molecule has 2 aromatic rings. The first-order valence-electron chi connectivity index (χ1n) is 9.51. The van der Waals surface area contributed by atoms with Crippen LogP contribution < -0.4 is 19.7 Å². The molecule has 5 nitrogen and oxygen atoms in total. The quantitative estimate of drug-likeness (QED) is 0.840. The minimum Gasteiger partial charge on any atom is -0.486 e. The van der Waals surface area contributed by atoms with Gasteiger partial charge in [0, 0.05) is 6.42 Å². The Kier molecular flexibility index (Phi) is 5.39. The van der Waals surface area contributed by atoms with Crippen LogP contribution in [0.25, 0.3) is 5.57 Å². The predicted octanol–water partition coefficient (Wildman–Crippen LogP) is 1.31. The lowest BCUT2D eigenvalue weighted by atomic mass is 10.00. The Balaban J connectivity index is 1.22. The number of fused-ring (bicyclic) bond motifs is 1. The summed E-state index contributed by atoms with van der Waals surface area (Å²) in [4.78, 5) is 13.6. The molecule has 0 saturated heterocycles. The number of hydrogen-bond donors (Lipinski definition) is 2. The smallest absolute Gasteiger partial charge is 0.275 e. The zero-order valence-corrected chi connectivity index (χ0v) is 15.3. The van der Waals surface area contributed by atoms with Crippen molar-refractivity contribution in [1.82, 2.24) is 5.32 Å². The highest BCUT2D eigenvalue weighted by Gasteiger charge is 2.23. The van der Waals surface area contributed by atoms with Crippen molar-refractivity contribution in [1.29, 1.82) is 0 Å². The number of nitrogens with one attached hydrogen (secondary N) is 2. The number of para-hydroxylation sites is 2. The van der Waals surface area contributed by atoms with Gasteiger partial charge in [-0.05, 0) is 29.3 Å². The maximum Gasteiger partial charge on any atom is 0.275 e. The van der Waals surface area contributed by atoms with E-state index >= 15 is 0 Å². The Hall–Kier alpha value is -2.79. The molecule has 0 aliphatic carbocycles. The first kappa shape index (κ1) is 17.6. The Morgan fingerprint density at radius 3 is 2.63 bits per heavy atom. The second-order valence-electron chi connectivity index (χ2n) is 7.03. The van der Waals surface area contributed by atoms with E-state index in [1.165, 1.54) is 16.0 Å². The van der Waals surface area contributed by atoms with Gasteiger partial charge in [0.2, 0.25) is 0 Å². The highest BCUT2D eigenvalue weighted by Crippen LogP contribution is 2.30. The van der Waals surface area contributed by atoms with Crippen LogP contribution in [0.3, 0.4) is 0 Å². The third kappa shape index (κ3) is 4.49. The van der Waals surface area contributed by atoms with E-state index in [4.69, 9.17) is 9.47 Å². The van der Waals surface area contributed by atoms with Crippen molar-refractivity contribution >= 4 is 11.5 Å². The minimum absolute atomic E-state index is 0.0593. The molecule has 27 heavy (non-hydrogen) atoms. The second-order valence-corrected chi connectivity index (χ2v) is 7.03. The molecule has 2 heterocycles. The number of ether oxygens (including phenoxy) is 2. The topological polar surface area (TPSA) is 52.0 Å². The summed E-state index contributed by atoms with van der Waals surface area (Å²) < 4.78 is 11.6. The van der Waals surface area contributed by atoms with Crippen LogP contribution in [-0.4, -0.2) is 44.8 Å². The van der Waals surface area contributed by atoms with Gasteiger partial charge in [0.15, 0.2) is 18.0 Å². The Morgan fingerprint density at radius 2 is 1.85 bits per heavy atom. The van der Waals surface area contributed by atoms with E-state index < -0.39 is 0 Å². The van der Waals surface area contributed by atoms with Crippen LogP contribution in [-0.2, 0) is 4.79 Å². The molecule has 0 fully saturated rings. The molecule has 0 radical (unpaired) electrons. The van der Waals surface area contributed by atoms with Gasteiger partial charge < -0.3 is 19.7 Å². The summed E-state index contributed by atoms with van der Waals surface area (Å²) in [5.41, 5.74) is 2.67. The van der Waals surface area contributed by atoms with Gasteiger partial charge in [-0.25, -0.2) is 0 Å². The van der Waals surface area contributed by atoms with E-state index in [1.54, 1.807) is 0 Å². The van der Waals surface area contributed by atoms with Gasteiger partial charge in [0.05, 0.1) is 19.6 Å². The van der Waals surface area contributed by atoms with Gasteiger partial charge in [0.25, 0.3) is 5.91 Å². The van der Waals surface area contributed by atoms with Gasteiger partial charge in [-0.15, -0.1) is 0 Å². The molecule has 0 spiro atoms. The Morgan fingerprint density at radius 1 is 1.07 bits per heavy atom. The lowest BCUT2D eigenvalue weighted by Gasteiger charge is -2.27. The normalized spacial score (nSPS) is 21.3. The number of carbonyl (C=O) groups excluding carboxylic acids is 1. The number of carbonyl (C=O) groups is 1. The third-order valence-corrected chi connectivity index (χ3v) is 5.03. The molecule has 2 aromatic carbocycles. The van der Waals surface area contributed by atoms with Gasteiger partial charge in [-0.3, -0.25) is 4.79 Å². The molecule has 0 bridgehead atoms. The van der Waals surface area contributed by atoms with Crippen molar-refractivity contribution < 1.29 is 19.2 Å². The van der Waals surface area contributed by atoms with Crippen molar-refractivity contribution in [2.24, 2.45) is 0 Å². The zero-order valence-electron chi connectivity index (χ0n) is 15.3. The number of hydrogen-bond acceptors (Lipinski definition) is 3. The summed E-state index contributed by atoms with van der Waals surface area (Å²) in [6, 6.07) is 18.1. The first-order valence-corrected chi connectivity index (χ1v) is 9.51. The lowest BCUT2D eigenvalue weighted by Crippen LogP contribution is -3.13. The van der Waals surface area contributed by atoms with Crippen molar-refractivity contribution in [2.75, 3.05) is 32.8 Å². The lowest BCUT2D eigenvalue weighted by molar-refractivity contribution is -0.886. The fraction of sp³-hybridized carbons (Fsp3) is 0.318. The maximum absolute atomic E-state index is 12.3. The fourth-order valence-corrected chi connectivity index (χ4v) is 3.54. The van der Waals surface area contributed by atoms with E-state index in [-0.39, 0.29) is 12.0 Å². The van der Waals surface area contributed by atoms with Crippen molar-refractivity contribution in [3.05, 3.63) is 66.2 Å². The molecule has 2 aliphatic heterocycles. The second kappa shape index (κ2) is 8.27.